The Hall–Kier alpha value is -2.58. The summed E-state index contributed by atoms with van der Waals surface area (Å²) in [6.07, 6.45) is 3.95. The van der Waals surface area contributed by atoms with Crippen molar-refractivity contribution in [3.63, 3.8) is 0 Å². The molecule has 0 saturated carbocycles. The first kappa shape index (κ1) is 17.2. The van der Waals surface area contributed by atoms with Gasteiger partial charge in [-0.2, -0.15) is 0 Å². The van der Waals surface area contributed by atoms with E-state index in [1.165, 1.54) is 23.1 Å². The van der Waals surface area contributed by atoms with Gasteiger partial charge in [0.1, 0.15) is 0 Å². The highest BCUT2D eigenvalue weighted by molar-refractivity contribution is 7.17. The zero-order valence-corrected chi connectivity index (χ0v) is 15.1. The third-order valence-electron chi connectivity index (χ3n) is 3.33. The first-order chi connectivity index (χ1) is 12.1. The van der Waals surface area contributed by atoms with Gasteiger partial charge in [-0.15, -0.1) is 22.7 Å². The summed E-state index contributed by atoms with van der Waals surface area (Å²) in [6.45, 7) is 2.14. The fraction of sp³-hybridized carbons (Fsp3) is 0.176. The molecule has 3 heterocycles. The third-order valence-corrected chi connectivity index (χ3v) is 5.25. The molecule has 25 heavy (non-hydrogen) atoms. The molecular weight excluding hydrogens is 356 g/mol. The Morgan fingerprint density at radius 2 is 1.96 bits per heavy atom. The number of hydrogen-bond acceptors (Lipinski definition) is 6. The van der Waals surface area contributed by atoms with Crippen molar-refractivity contribution in [1.29, 1.82) is 0 Å². The van der Waals surface area contributed by atoms with E-state index in [-0.39, 0.29) is 11.8 Å². The Balaban J connectivity index is 1.62. The van der Waals surface area contributed by atoms with Gasteiger partial charge in [-0.1, -0.05) is 0 Å². The molecule has 0 aliphatic rings. The minimum Gasteiger partial charge on any atom is -0.356 e. The predicted molar refractivity (Wildman–Crippen MR) is 100 cm³/mol. The molecule has 0 unspecified atom stereocenters. The number of hydrogen-bond donors (Lipinski definition) is 2. The number of carbonyl (C=O) groups excluding carboxylic acids is 2. The maximum atomic E-state index is 12.1. The maximum absolute atomic E-state index is 12.1. The van der Waals surface area contributed by atoms with Crippen molar-refractivity contribution in [2.75, 3.05) is 11.9 Å². The first-order valence-corrected chi connectivity index (χ1v) is 9.32. The third kappa shape index (κ3) is 4.71. The lowest BCUT2D eigenvalue weighted by Gasteiger charge is -2.00. The van der Waals surface area contributed by atoms with Crippen LogP contribution < -0.4 is 10.6 Å². The number of amides is 2. The number of nitrogens with one attached hydrogen (secondary N) is 2. The fourth-order valence-corrected chi connectivity index (χ4v) is 3.88. The summed E-state index contributed by atoms with van der Waals surface area (Å²) in [6, 6.07) is 7.36. The van der Waals surface area contributed by atoms with Crippen LogP contribution in [0.2, 0.25) is 0 Å². The molecule has 6 nitrogen and oxygen atoms in total. The molecule has 0 aromatic carbocycles. The Morgan fingerprint density at radius 3 is 2.72 bits per heavy atom. The molecule has 0 bridgehead atoms. The molecule has 0 radical (unpaired) electrons. The lowest BCUT2D eigenvalue weighted by molar-refractivity contribution is -0.118. The number of thiophene rings is 1. The van der Waals surface area contributed by atoms with E-state index in [4.69, 9.17) is 0 Å². The number of rotatable bonds is 6. The summed E-state index contributed by atoms with van der Waals surface area (Å²) in [7, 11) is 0. The van der Waals surface area contributed by atoms with E-state index in [0.717, 1.165) is 17.0 Å². The number of aromatic nitrogens is 2. The second-order valence-corrected chi connectivity index (χ2v) is 7.25. The molecule has 3 aromatic rings. The molecular formula is C17H16N4O2S2. The highest BCUT2D eigenvalue weighted by Crippen LogP contribution is 2.31. The summed E-state index contributed by atoms with van der Waals surface area (Å²) in [5, 5.41) is 8.07. The number of thiazole rings is 1. The monoisotopic (exact) mass is 372 g/mol. The summed E-state index contributed by atoms with van der Waals surface area (Å²) in [5.41, 5.74) is 1.38. The molecule has 8 heteroatoms. The van der Waals surface area contributed by atoms with Crippen LogP contribution in [0.1, 0.15) is 22.2 Å². The van der Waals surface area contributed by atoms with Crippen LogP contribution >= 0.6 is 22.7 Å². The Labute approximate surface area is 153 Å². The zero-order chi connectivity index (χ0) is 17.6. The fourth-order valence-electron chi connectivity index (χ4n) is 2.13. The standard InChI is InChI=1S/C17H16N4O2S2/c1-11(22)19-9-6-13-2-3-15(25-13)14-10-24-17(20-14)21-16(23)12-4-7-18-8-5-12/h2-5,7-8,10H,6,9H2,1H3,(H,19,22)(H,20,21,23). The number of pyridine rings is 1. The molecule has 0 atom stereocenters. The van der Waals surface area contributed by atoms with Crippen LogP contribution in [-0.2, 0) is 11.2 Å². The SMILES string of the molecule is CC(=O)NCCc1ccc(-c2csc(NC(=O)c3ccncc3)n2)s1. The van der Waals surface area contributed by atoms with Gasteiger partial charge in [0, 0.05) is 41.7 Å². The van der Waals surface area contributed by atoms with Crippen molar-refractivity contribution < 1.29 is 9.59 Å². The minimum atomic E-state index is -0.203. The van der Waals surface area contributed by atoms with Crippen LogP contribution in [0.4, 0.5) is 5.13 Å². The second kappa shape index (κ2) is 8.00. The van der Waals surface area contributed by atoms with Gasteiger partial charge in [0.2, 0.25) is 5.91 Å². The van der Waals surface area contributed by atoms with E-state index in [9.17, 15) is 9.59 Å². The maximum Gasteiger partial charge on any atom is 0.257 e. The number of carbonyl (C=O) groups is 2. The van der Waals surface area contributed by atoms with Crippen molar-refractivity contribution in [3.8, 4) is 10.6 Å². The summed E-state index contributed by atoms with van der Waals surface area (Å²) in [4.78, 5) is 33.6. The Morgan fingerprint density at radius 1 is 1.16 bits per heavy atom. The van der Waals surface area contributed by atoms with Gasteiger partial charge in [0.05, 0.1) is 10.6 Å². The van der Waals surface area contributed by atoms with Crippen LogP contribution in [0.3, 0.4) is 0 Å². The molecule has 0 saturated heterocycles. The Kier molecular flexibility index (Phi) is 5.52. The van der Waals surface area contributed by atoms with Crippen LogP contribution in [0, 0.1) is 0 Å². The van der Waals surface area contributed by atoms with Crippen LogP contribution in [0.25, 0.3) is 10.6 Å². The quantitative estimate of drug-likeness (QED) is 0.696. The first-order valence-electron chi connectivity index (χ1n) is 7.62. The molecule has 0 spiro atoms. The smallest absolute Gasteiger partial charge is 0.257 e. The van der Waals surface area contributed by atoms with E-state index in [2.05, 4.69) is 20.6 Å². The molecule has 3 aromatic heterocycles. The summed E-state index contributed by atoms with van der Waals surface area (Å²) < 4.78 is 0. The lowest BCUT2D eigenvalue weighted by atomic mass is 10.2. The van der Waals surface area contributed by atoms with Crippen LogP contribution in [-0.4, -0.2) is 28.3 Å². The highest BCUT2D eigenvalue weighted by atomic mass is 32.1. The van der Waals surface area contributed by atoms with Gasteiger partial charge in [-0.05, 0) is 30.7 Å². The van der Waals surface area contributed by atoms with Crippen molar-refractivity contribution in [2.24, 2.45) is 0 Å². The molecule has 2 N–H and O–H groups in total. The molecule has 0 fully saturated rings. The molecule has 0 aliphatic heterocycles. The van der Waals surface area contributed by atoms with E-state index in [0.29, 0.717) is 17.2 Å². The van der Waals surface area contributed by atoms with Gasteiger partial charge < -0.3 is 5.32 Å². The molecule has 128 valence electrons. The average molecular weight is 372 g/mol. The van der Waals surface area contributed by atoms with Gasteiger partial charge in [-0.25, -0.2) is 4.98 Å². The predicted octanol–water partition coefficient (Wildman–Crippen LogP) is 3.20. The van der Waals surface area contributed by atoms with Gasteiger partial charge in [-0.3, -0.25) is 19.9 Å². The zero-order valence-electron chi connectivity index (χ0n) is 13.5. The van der Waals surface area contributed by atoms with Crippen LogP contribution in [0.15, 0.2) is 42.0 Å². The van der Waals surface area contributed by atoms with Crippen molar-refractivity contribution in [3.05, 3.63) is 52.5 Å². The van der Waals surface area contributed by atoms with Gasteiger partial charge >= 0.3 is 0 Å². The van der Waals surface area contributed by atoms with Crippen molar-refractivity contribution in [1.82, 2.24) is 15.3 Å². The van der Waals surface area contributed by atoms with E-state index >= 15 is 0 Å². The van der Waals surface area contributed by atoms with E-state index < -0.39 is 0 Å². The summed E-state index contributed by atoms with van der Waals surface area (Å²) in [5.74, 6) is -0.226. The average Bonchev–Trinajstić information content (AvgIpc) is 3.24. The molecule has 3 rings (SSSR count). The van der Waals surface area contributed by atoms with Gasteiger partial charge in [0.25, 0.3) is 5.91 Å². The largest absolute Gasteiger partial charge is 0.356 e. The molecule has 0 aliphatic carbocycles. The topological polar surface area (TPSA) is 84.0 Å². The normalized spacial score (nSPS) is 10.4. The van der Waals surface area contributed by atoms with Crippen LogP contribution in [0.5, 0.6) is 0 Å². The highest BCUT2D eigenvalue weighted by Gasteiger charge is 2.11. The minimum absolute atomic E-state index is 0.0224. The number of nitrogens with zero attached hydrogens (tertiary/aromatic N) is 2. The van der Waals surface area contributed by atoms with E-state index in [1.54, 1.807) is 35.9 Å². The summed E-state index contributed by atoms with van der Waals surface area (Å²) >= 11 is 3.03. The van der Waals surface area contributed by atoms with Crippen molar-refractivity contribution in [2.45, 2.75) is 13.3 Å². The lowest BCUT2D eigenvalue weighted by Crippen LogP contribution is -2.21. The van der Waals surface area contributed by atoms with Crippen molar-refractivity contribution >= 4 is 39.6 Å². The Bertz CT molecular complexity index is 874. The van der Waals surface area contributed by atoms with Gasteiger partial charge in [0.15, 0.2) is 5.13 Å². The van der Waals surface area contributed by atoms with E-state index in [1.807, 2.05) is 17.5 Å². The molecule has 2 amide bonds. The second-order valence-electron chi connectivity index (χ2n) is 5.23. The number of anilines is 1.